The van der Waals surface area contributed by atoms with Gasteiger partial charge in [0.05, 0.1) is 0 Å². The molecule has 4 heteroatoms. The fraction of sp³-hybridized carbons (Fsp3) is 0.632. The van der Waals surface area contributed by atoms with Crippen LogP contribution in [0.1, 0.15) is 59.8 Å². The third-order valence-electron chi connectivity index (χ3n) is 4.16. The van der Waals surface area contributed by atoms with Crippen molar-refractivity contribution in [3.8, 4) is 0 Å². The first kappa shape index (κ1) is 17.6. The van der Waals surface area contributed by atoms with Gasteiger partial charge in [0.1, 0.15) is 5.60 Å². The highest BCUT2D eigenvalue weighted by molar-refractivity contribution is 5.85. The number of anilines is 2. The number of hydrogen-bond acceptors (Lipinski definition) is 3. The van der Waals surface area contributed by atoms with E-state index in [4.69, 9.17) is 4.74 Å². The monoisotopic (exact) mass is 318 g/mol. The van der Waals surface area contributed by atoms with E-state index in [1.165, 1.54) is 32.1 Å². The Hall–Kier alpha value is -1.71. The quantitative estimate of drug-likeness (QED) is 0.732. The number of amides is 1. The van der Waals surface area contributed by atoms with Gasteiger partial charge in [0.15, 0.2) is 0 Å². The van der Waals surface area contributed by atoms with Crippen LogP contribution in [-0.4, -0.2) is 17.7 Å². The molecule has 1 fully saturated rings. The summed E-state index contributed by atoms with van der Waals surface area (Å²) in [5, 5.41) is 6.37. The summed E-state index contributed by atoms with van der Waals surface area (Å²) in [6.45, 7) is 7.91. The van der Waals surface area contributed by atoms with Gasteiger partial charge in [0.25, 0.3) is 0 Å². The van der Waals surface area contributed by atoms with E-state index in [0.717, 1.165) is 17.3 Å². The van der Waals surface area contributed by atoms with E-state index in [-0.39, 0.29) is 0 Å². The van der Waals surface area contributed by atoms with Gasteiger partial charge in [-0.25, -0.2) is 4.79 Å². The van der Waals surface area contributed by atoms with E-state index in [1.807, 2.05) is 45.0 Å². The summed E-state index contributed by atoms with van der Waals surface area (Å²) >= 11 is 0. The Morgan fingerprint density at radius 3 is 2.35 bits per heavy atom. The fourth-order valence-electron chi connectivity index (χ4n) is 2.94. The molecule has 23 heavy (non-hydrogen) atoms. The average molecular weight is 318 g/mol. The molecule has 1 aliphatic rings. The van der Waals surface area contributed by atoms with Gasteiger partial charge in [-0.3, -0.25) is 5.32 Å². The first-order valence-electron chi connectivity index (χ1n) is 8.68. The van der Waals surface area contributed by atoms with Crippen LogP contribution < -0.4 is 10.6 Å². The number of ether oxygens (including phenoxy) is 1. The summed E-state index contributed by atoms with van der Waals surface area (Å²) < 4.78 is 5.25. The van der Waals surface area contributed by atoms with Crippen molar-refractivity contribution in [2.75, 3.05) is 10.6 Å². The number of benzene rings is 1. The second-order valence-electron chi connectivity index (χ2n) is 7.66. The summed E-state index contributed by atoms with van der Waals surface area (Å²) in [6.07, 6.45) is 6.00. The third kappa shape index (κ3) is 6.51. The summed E-state index contributed by atoms with van der Waals surface area (Å²) in [5.74, 6) is 0.849. The van der Waals surface area contributed by atoms with Crippen molar-refractivity contribution in [3.05, 3.63) is 24.3 Å². The van der Waals surface area contributed by atoms with Gasteiger partial charge >= 0.3 is 6.09 Å². The molecule has 1 amide bonds. The standard InChI is InChI=1S/C19H30N2O2/c1-14-6-5-7-15(9-8-14)20-16-10-12-17(13-11-16)21-18(22)23-19(2,3)4/h10-15,20H,5-9H2,1-4H3,(H,21,22). The second kappa shape index (κ2) is 7.71. The molecule has 1 aliphatic carbocycles. The number of nitrogens with one attached hydrogen (secondary N) is 2. The lowest BCUT2D eigenvalue weighted by atomic mass is 10.0. The second-order valence-corrected chi connectivity index (χ2v) is 7.66. The van der Waals surface area contributed by atoms with Crippen molar-refractivity contribution in [1.29, 1.82) is 0 Å². The molecule has 0 saturated heterocycles. The molecule has 4 nitrogen and oxygen atoms in total. The van der Waals surface area contributed by atoms with E-state index < -0.39 is 11.7 Å². The Bertz CT molecular complexity index is 505. The molecule has 2 unspecified atom stereocenters. The average Bonchev–Trinajstić information content (AvgIpc) is 2.64. The Kier molecular flexibility index (Phi) is 5.91. The van der Waals surface area contributed by atoms with Crippen LogP contribution in [0.25, 0.3) is 0 Å². The van der Waals surface area contributed by atoms with Crippen LogP contribution in [0.5, 0.6) is 0 Å². The molecule has 0 aromatic heterocycles. The fourth-order valence-corrected chi connectivity index (χ4v) is 2.94. The minimum Gasteiger partial charge on any atom is -0.444 e. The summed E-state index contributed by atoms with van der Waals surface area (Å²) in [7, 11) is 0. The van der Waals surface area contributed by atoms with Crippen LogP contribution in [0.15, 0.2) is 24.3 Å². The van der Waals surface area contributed by atoms with Gasteiger partial charge in [0, 0.05) is 17.4 Å². The molecule has 0 heterocycles. The van der Waals surface area contributed by atoms with Crippen molar-refractivity contribution in [3.63, 3.8) is 0 Å². The highest BCUT2D eigenvalue weighted by atomic mass is 16.6. The summed E-state index contributed by atoms with van der Waals surface area (Å²) in [6, 6.07) is 8.41. The lowest BCUT2D eigenvalue weighted by Gasteiger charge is -2.20. The maximum atomic E-state index is 11.7. The van der Waals surface area contributed by atoms with Gasteiger partial charge in [0.2, 0.25) is 0 Å². The van der Waals surface area contributed by atoms with Crippen LogP contribution in [0.2, 0.25) is 0 Å². The highest BCUT2D eigenvalue weighted by Crippen LogP contribution is 2.25. The molecular weight excluding hydrogens is 288 g/mol. The van der Waals surface area contributed by atoms with E-state index in [2.05, 4.69) is 17.6 Å². The first-order valence-corrected chi connectivity index (χ1v) is 8.68. The van der Waals surface area contributed by atoms with Crippen molar-refractivity contribution >= 4 is 17.5 Å². The summed E-state index contributed by atoms with van der Waals surface area (Å²) in [4.78, 5) is 11.7. The van der Waals surface area contributed by atoms with Crippen molar-refractivity contribution in [1.82, 2.24) is 0 Å². The molecule has 2 atom stereocenters. The highest BCUT2D eigenvalue weighted by Gasteiger charge is 2.17. The maximum absolute atomic E-state index is 11.7. The molecule has 1 aromatic carbocycles. The van der Waals surface area contributed by atoms with Crippen LogP contribution >= 0.6 is 0 Å². The zero-order valence-corrected chi connectivity index (χ0v) is 14.8. The Morgan fingerprint density at radius 2 is 1.70 bits per heavy atom. The smallest absolute Gasteiger partial charge is 0.412 e. The number of hydrogen-bond donors (Lipinski definition) is 2. The molecular formula is C19H30N2O2. The van der Waals surface area contributed by atoms with Gasteiger partial charge in [-0.05, 0) is 70.2 Å². The van der Waals surface area contributed by atoms with E-state index in [1.54, 1.807) is 0 Å². The third-order valence-corrected chi connectivity index (χ3v) is 4.16. The molecule has 1 saturated carbocycles. The minimum absolute atomic E-state index is 0.420. The first-order chi connectivity index (χ1) is 10.8. The van der Waals surface area contributed by atoms with Gasteiger partial charge < -0.3 is 10.1 Å². The van der Waals surface area contributed by atoms with Crippen molar-refractivity contribution in [2.24, 2.45) is 5.92 Å². The molecule has 2 N–H and O–H groups in total. The molecule has 128 valence electrons. The van der Waals surface area contributed by atoms with Crippen LogP contribution in [-0.2, 0) is 4.74 Å². The largest absolute Gasteiger partial charge is 0.444 e. The maximum Gasteiger partial charge on any atom is 0.412 e. The predicted octanol–water partition coefficient (Wildman–Crippen LogP) is 5.41. The summed E-state index contributed by atoms with van der Waals surface area (Å²) in [5.41, 5.74) is 1.38. The molecule has 0 radical (unpaired) electrons. The van der Waals surface area contributed by atoms with E-state index in [0.29, 0.717) is 6.04 Å². The van der Waals surface area contributed by atoms with Gasteiger partial charge in [-0.2, -0.15) is 0 Å². The van der Waals surface area contributed by atoms with Gasteiger partial charge in [-0.15, -0.1) is 0 Å². The zero-order valence-electron chi connectivity index (χ0n) is 14.8. The van der Waals surface area contributed by atoms with Crippen LogP contribution in [0.4, 0.5) is 16.2 Å². The Labute approximate surface area is 140 Å². The van der Waals surface area contributed by atoms with Crippen LogP contribution in [0, 0.1) is 5.92 Å². The van der Waals surface area contributed by atoms with Crippen LogP contribution in [0.3, 0.4) is 0 Å². The van der Waals surface area contributed by atoms with Crippen molar-refractivity contribution in [2.45, 2.75) is 71.4 Å². The minimum atomic E-state index is -0.484. The molecule has 1 aromatic rings. The van der Waals surface area contributed by atoms with Crippen molar-refractivity contribution < 1.29 is 9.53 Å². The SMILES string of the molecule is CC1CCCC(Nc2ccc(NC(=O)OC(C)(C)C)cc2)CC1. The van der Waals surface area contributed by atoms with E-state index >= 15 is 0 Å². The van der Waals surface area contributed by atoms with Gasteiger partial charge in [-0.1, -0.05) is 19.8 Å². The number of rotatable bonds is 3. The van der Waals surface area contributed by atoms with E-state index in [9.17, 15) is 4.79 Å². The Balaban J connectivity index is 1.85. The predicted molar refractivity (Wildman–Crippen MR) is 96.0 cm³/mol. The molecule has 0 aliphatic heterocycles. The molecule has 0 bridgehead atoms. The number of carbonyl (C=O) groups is 1. The lowest BCUT2D eigenvalue weighted by Crippen LogP contribution is -2.27. The lowest BCUT2D eigenvalue weighted by molar-refractivity contribution is 0.0636. The zero-order chi connectivity index (χ0) is 16.9. The number of carbonyl (C=O) groups excluding carboxylic acids is 1. The topological polar surface area (TPSA) is 50.4 Å². The normalized spacial score (nSPS) is 22.1. The molecule has 2 rings (SSSR count). The molecule has 0 spiro atoms. The Morgan fingerprint density at radius 1 is 1.04 bits per heavy atom.